The number of rotatable bonds is 8. The van der Waals surface area contributed by atoms with Crippen molar-refractivity contribution < 1.29 is 4.74 Å². The highest BCUT2D eigenvalue weighted by atomic mass is 16.5. The van der Waals surface area contributed by atoms with Gasteiger partial charge in [-0.3, -0.25) is 0 Å². The normalized spacial score (nSPS) is 23.2. The van der Waals surface area contributed by atoms with Crippen molar-refractivity contribution in [3.8, 4) is 0 Å². The summed E-state index contributed by atoms with van der Waals surface area (Å²) in [6, 6.07) is 0.519. The first-order valence-corrected chi connectivity index (χ1v) is 8.22. The molecule has 1 aliphatic rings. The predicted octanol–water partition coefficient (Wildman–Crippen LogP) is 4.53. The van der Waals surface area contributed by atoms with Crippen LogP contribution in [0.2, 0.25) is 0 Å². The molecule has 114 valence electrons. The average Bonchev–Trinajstić information content (AvgIpc) is 2.40. The fraction of sp³-hybridized carbons (Fsp3) is 1.00. The van der Waals surface area contributed by atoms with Gasteiger partial charge in [-0.05, 0) is 44.6 Å². The molecule has 1 saturated carbocycles. The monoisotopic (exact) mass is 269 g/mol. The third-order valence-corrected chi connectivity index (χ3v) is 5.19. The van der Waals surface area contributed by atoms with Crippen LogP contribution >= 0.6 is 0 Å². The lowest BCUT2D eigenvalue weighted by Gasteiger charge is -2.47. The molecule has 2 heteroatoms. The first-order valence-electron chi connectivity index (χ1n) is 8.22. The molecule has 1 atom stereocenters. The van der Waals surface area contributed by atoms with E-state index < -0.39 is 0 Å². The average molecular weight is 269 g/mol. The Bertz CT molecular complexity index is 240. The Kier molecular flexibility index (Phi) is 6.82. The second-order valence-electron chi connectivity index (χ2n) is 7.12. The van der Waals surface area contributed by atoms with Gasteiger partial charge in [-0.15, -0.1) is 0 Å². The third-order valence-electron chi connectivity index (χ3n) is 5.19. The minimum Gasteiger partial charge on any atom is -0.377 e. The van der Waals surface area contributed by atoms with E-state index in [1.807, 2.05) is 7.11 Å². The Morgan fingerprint density at radius 3 is 2.16 bits per heavy atom. The van der Waals surface area contributed by atoms with E-state index in [2.05, 4.69) is 33.1 Å². The molecule has 2 nitrogen and oxygen atoms in total. The molecule has 0 aliphatic heterocycles. The molecule has 0 heterocycles. The van der Waals surface area contributed by atoms with Gasteiger partial charge in [0.05, 0.1) is 5.60 Å². The molecule has 0 saturated heterocycles. The van der Waals surface area contributed by atoms with Crippen LogP contribution in [0.3, 0.4) is 0 Å². The minimum absolute atomic E-state index is 0.0798. The Morgan fingerprint density at radius 2 is 1.68 bits per heavy atom. The summed E-state index contributed by atoms with van der Waals surface area (Å²) in [5.41, 5.74) is 0.582. The van der Waals surface area contributed by atoms with Gasteiger partial charge in [0.1, 0.15) is 0 Å². The molecule has 0 spiro atoms. The SMILES string of the molecule is CCCCCCC(NC)C1(OC)CCC(C)(C)CC1. The van der Waals surface area contributed by atoms with Gasteiger partial charge in [0.2, 0.25) is 0 Å². The van der Waals surface area contributed by atoms with Crippen LogP contribution in [-0.4, -0.2) is 25.8 Å². The van der Waals surface area contributed by atoms with Crippen LogP contribution in [0.1, 0.15) is 78.6 Å². The van der Waals surface area contributed by atoms with Crippen molar-refractivity contribution in [2.45, 2.75) is 90.2 Å². The Labute approximate surface area is 120 Å². The van der Waals surface area contributed by atoms with Crippen LogP contribution in [0.25, 0.3) is 0 Å². The standard InChI is InChI=1S/C17H35NO/c1-6-7-8-9-10-15(18-4)17(19-5)13-11-16(2,3)12-14-17/h15,18H,6-14H2,1-5H3. The molecule has 1 unspecified atom stereocenters. The molecule has 1 N–H and O–H groups in total. The van der Waals surface area contributed by atoms with Crippen LogP contribution in [0.15, 0.2) is 0 Å². The first kappa shape index (κ1) is 17.0. The van der Waals surface area contributed by atoms with E-state index in [0.717, 1.165) is 0 Å². The molecule has 0 radical (unpaired) electrons. The van der Waals surface area contributed by atoms with E-state index in [9.17, 15) is 0 Å². The molecule has 0 aromatic rings. The fourth-order valence-electron chi connectivity index (χ4n) is 3.49. The fourth-order valence-corrected chi connectivity index (χ4v) is 3.49. The zero-order chi connectivity index (χ0) is 14.4. The summed E-state index contributed by atoms with van der Waals surface area (Å²) >= 11 is 0. The van der Waals surface area contributed by atoms with Crippen molar-refractivity contribution >= 4 is 0 Å². The molecule has 0 aromatic carbocycles. The van der Waals surface area contributed by atoms with Crippen LogP contribution in [0.5, 0.6) is 0 Å². The van der Waals surface area contributed by atoms with E-state index in [0.29, 0.717) is 11.5 Å². The zero-order valence-electron chi connectivity index (χ0n) is 13.8. The van der Waals surface area contributed by atoms with E-state index in [-0.39, 0.29) is 5.60 Å². The van der Waals surface area contributed by atoms with Crippen molar-refractivity contribution in [3.63, 3.8) is 0 Å². The highest BCUT2D eigenvalue weighted by Crippen LogP contribution is 2.44. The van der Waals surface area contributed by atoms with Crippen molar-refractivity contribution in [2.75, 3.05) is 14.2 Å². The van der Waals surface area contributed by atoms with Crippen molar-refractivity contribution in [2.24, 2.45) is 5.41 Å². The number of unbranched alkanes of at least 4 members (excludes halogenated alkanes) is 3. The van der Waals surface area contributed by atoms with Crippen molar-refractivity contribution in [1.82, 2.24) is 5.32 Å². The largest absolute Gasteiger partial charge is 0.377 e. The molecule has 1 aliphatic carbocycles. The lowest BCUT2D eigenvalue weighted by atomic mass is 9.67. The lowest BCUT2D eigenvalue weighted by Crippen LogP contribution is -2.53. The lowest BCUT2D eigenvalue weighted by molar-refractivity contribution is -0.0868. The van der Waals surface area contributed by atoms with Crippen molar-refractivity contribution in [3.05, 3.63) is 0 Å². The maximum atomic E-state index is 6.02. The van der Waals surface area contributed by atoms with Gasteiger partial charge in [-0.2, -0.15) is 0 Å². The molecule has 0 bridgehead atoms. The highest BCUT2D eigenvalue weighted by Gasteiger charge is 2.43. The smallest absolute Gasteiger partial charge is 0.0831 e. The van der Waals surface area contributed by atoms with Crippen LogP contribution in [-0.2, 0) is 4.74 Å². The summed E-state index contributed by atoms with van der Waals surface area (Å²) in [7, 11) is 4.01. The van der Waals surface area contributed by atoms with Gasteiger partial charge in [0.15, 0.2) is 0 Å². The van der Waals surface area contributed by atoms with Gasteiger partial charge >= 0.3 is 0 Å². The van der Waals surface area contributed by atoms with Crippen LogP contribution in [0.4, 0.5) is 0 Å². The Hall–Kier alpha value is -0.0800. The first-order chi connectivity index (χ1) is 8.99. The maximum Gasteiger partial charge on any atom is 0.0831 e. The molecule has 1 rings (SSSR count). The summed E-state index contributed by atoms with van der Waals surface area (Å²) in [5, 5.41) is 3.54. The molecular formula is C17H35NO. The van der Waals surface area contributed by atoms with Gasteiger partial charge in [-0.1, -0.05) is 46.5 Å². The highest BCUT2D eigenvalue weighted by molar-refractivity contribution is 4.98. The summed E-state index contributed by atoms with van der Waals surface area (Å²) < 4.78 is 6.02. The van der Waals surface area contributed by atoms with E-state index in [4.69, 9.17) is 4.74 Å². The van der Waals surface area contributed by atoms with Gasteiger partial charge in [-0.25, -0.2) is 0 Å². The Balaban J connectivity index is 2.55. The van der Waals surface area contributed by atoms with Crippen molar-refractivity contribution in [1.29, 1.82) is 0 Å². The van der Waals surface area contributed by atoms with Gasteiger partial charge in [0.25, 0.3) is 0 Å². The predicted molar refractivity (Wildman–Crippen MR) is 83.6 cm³/mol. The quantitative estimate of drug-likeness (QED) is 0.654. The van der Waals surface area contributed by atoms with E-state index in [1.165, 1.54) is 57.8 Å². The number of ether oxygens (including phenoxy) is 1. The molecule has 1 fully saturated rings. The topological polar surface area (TPSA) is 21.3 Å². The summed E-state index contributed by atoms with van der Waals surface area (Å²) in [6.07, 6.45) is 11.6. The van der Waals surface area contributed by atoms with Gasteiger partial charge in [0, 0.05) is 13.2 Å². The number of likely N-dealkylation sites (N-methyl/N-ethyl adjacent to an activating group) is 1. The summed E-state index contributed by atoms with van der Waals surface area (Å²) in [4.78, 5) is 0. The third kappa shape index (κ3) is 4.75. The second-order valence-corrected chi connectivity index (χ2v) is 7.12. The maximum absolute atomic E-state index is 6.02. The molecular weight excluding hydrogens is 234 g/mol. The number of hydrogen-bond acceptors (Lipinski definition) is 2. The second kappa shape index (κ2) is 7.64. The van der Waals surface area contributed by atoms with Crippen LogP contribution < -0.4 is 5.32 Å². The van der Waals surface area contributed by atoms with Gasteiger partial charge < -0.3 is 10.1 Å². The number of hydrogen-bond donors (Lipinski definition) is 1. The zero-order valence-corrected chi connectivity index (χ0v) is 13.8. The molecule has 0 amide bonds. The van der Waals surface area contributed by atoms with Crippen LogP contribution in [0, 0.1) is 5.41 Å². The van der Waals surface area contributed by atoms with E-state index in [1.54, 1.807) is 0 Å². The summed E-state index contributed by atoms with van der Waals surface area (Å²) in [5.74, 6) is 0. The minimum atomic E-state index is 0.0798. The Morgan fingerprint density at radius 1 is 1.05 bits per heavy atom. The van der Waals surface area contributed by atoms with E-state index >= 15 is 0 Å². The number of nitrogens with one attached hydrogen (secondary N) is 1. The number of methoxy groups -OCH3 is 1. The summed E-state index contributed by atoms with van der Waals surface area (Å²) in [6.45, 7) is 7.06. The molecule has 19 heavy (non-hydrogen) atoms. The molecule has 0 aromatic heterocycles.